The zero-order valence-electron chi connectivity index (χ0n) is 5.20. The number of carbonyl (C=O) groups is 1. The van der Waals surface area contributed by atoms with Crippen molar-refractivity contribution in [3.05, 3.63) is 0 Å². The molecule has 4 nitrogen and oxygen atoms in total. The SMILES string of the molecule is CCCC1N=NC(=O)O1. The minimum absolute atomic E-state index is 0.303. The monoisotopic (exact) mass is 128 g/mol. The van der Waals surface area contributed by atoms with Crippen LogP contribution >= 0.6 is 0 Å². The molecule has 4 heteroatoms. The van der Waals surface area contributed by atoms with Gasteiger partial charge in [-0.3, -0.25) is 0 Å². The Labute approximate surface area is 52.9 Å². The fraction of sp³-hybridized carbons (Fsp3) is 0.800. The van der Waals surface area contributed by atoms with E-state index in [0.29, 0.717) is 0 Å². The summed E-state index contributed by atoms with van der Waals surface area (Å²) in [6.07, 6.45) is 0.864. The van der Waals surface area contributed by atoms with E-state index in [-0.39, 0.29) is 6.23 Å². The summed E-state index contributed by atoms with van der Waals surface area (Å²) in [6, 6.07) is 0. The van der Waals surface area contributed by atoms with Crippen molar-refractivity contribution >= 4 is 6.09 Å². The minimum atomic E-state index is -0.562. The maximum Gasteiger partial charge on any atom is 0.454 e. The molecule has 0 aromatic carbocycles. The summed E-state index contributed by atoms with van der Waals surface area (Å²) in [5.41, 5.74) is 0. The average molecular weight is 128 g/mol. The van der Waals surface area contributed by atoms with Gasteiger partial charge < -0.3 is 4.74 Å². The summed E-state index contributed by atoms with van der Waals surface area (Å²) in [5, 5.41) is 6.76. The van der Waals surface area contributed by atoms with Crippen LogP contribution in [-0.2, 0) is 4.74 Å². The molecule has 0 radical (unpaired) electrons. The lowest BCUT2D eigenvalue weighted by atomic mass is 10.3. The molecule has 0 saturated heterocycles. The van der Waals surface area contributed by atoms with Crippen molar-refractivity contribution in [1.29, 1.82) is 0 Å². The molecule has 1 aliphatic rings. The zero-order chi connectivity index (χ0) is 6.69. The molecular weight excluding hydrogens is 120 g/mol. The summed E-state index contributed by atoms with van der Waals surface area (Å²) < 4.78 is 4.63. The van der Waals surface area contributed by atoms with Gasteiger partial charge in [-0.25, -0.2) is 4.79 Å². The molecule has 1 heterocycles. The standard InChI is InChI=1S/C5H8N2O2/c1-2-3-4-6-7-5(8)9-4/h4H,2-3H2,1H3. The molecule has 50 valence electrons. The Balaban J connectivity index is 2.32. The van der Waals surface area contributed by atoms with E-state index in [2.05, 4.69) is 15.0 Å². The molecule has 0 spiro atoms. The van der Waals surface area contributed by atoms with Crippen molar-refractivity contribution in [2.24, 2.45) is 10.2 Å². The van der Waals surface area contributed by atoms with Gasteiger partial charge >= 0.3 is 6.09 Å². The van der Waals surface area contributed by atoms with Crippen molar-refractivity contribution < 1.29 is 9.53 Å². The van der Waals surface area contributed by atoms with Gasteiger partial charge in [-0.2, -0.15) is 0 Å². The first-order chi connectivity index (χ1) is 4.33. The Kier molecular flexibility index (Phi) is 1.77. The number of carbonyl (C=O) groups excluding carboxylic acids is 1. The number of azo groups is 1. The second-order valence-corrected chi connectivity index (χ2v) is 1.84. The number of nitrogens with zero attached hydrogens (tertiary/aromatic N) is 2. The van der Waals surface area contributed by atoms with E-state index >= 15 is 0 Å². The van der Waals surface area contributed by atoms with E-state index in [1.807, 2.05) is 6.92 Å². The smallest absolute Gasteiger partial charge is 0.419 e. The molecule has 1 rings (SSSR count). The largest absolute Gasteiger partial charge is 0.454 e. The van der Waals surface area contributed by atoms with Crippen molar-refractivity contribution in [2.45, 2.75) is 26.0 Å². The van der Waals surface area contributed by atoms with E-state index in [1.165, 1.54) is 0 Å². The fourth-order valence-corrected chi connectivity index (χ4v) is 0.639. The van der Waals surface area contributed by atoms with Gasteiger partial charge in [0.2, 0.25) is 6.23 Å². The molecule has 1 aliphatic heterocycles. The van der Waals surface area contributed by atoms with Crippen LogP contribution in [0.3, 0.4) is 0 Å². The number of amides is 1. The maximum atomic E-state index is 10.2. The molecule has 0 saturated carbocycles. The van der Waals surface area contributed by atoms with Crippen LogP contribution in [0.25, 0.3) is 0 Å². The van der Waals surface area contributed by atoms with Crippen LogP contribution in [0.15, 0.2) is 10.2 Å². The Bertz CT molecular complexity index is 144. The van der Waals surface area contributed by atoms with Crippen molar-refractivity contribution in [3.8, 4) is 0 Å². The summed E-state index contributed by atoms with van der Waals surface area (Å²) >= 11 is 0. The summed E-state index contributed by atoms with van der Waals surface area (Å²) in [5.74, 6) is 0. The fourth-order valence-electron chi connectivity index (χ4n) is 0.639. The molecule has 0 aromatic heterocycles. The van der Waals surface area contributed by atoms with Gasteiger partial charge in [-0.05, 0) is 0 Å². The number of rotatable bonds is 2. The van der Waals surface area contributed by atoms with Crippen LogP contribution in [0.1, 0.15) is 19.8 Å². The Hall–Kier alpha value is -0.930. The second-order valence-electron chi connectivity index (χ2n) is 1.84. The van der Waals surface area contributed by atoms with E-state index in [4.69, 9.17) is 0 Å². The van der Waals surface area contributed by atoms with E-state index in [1.54, 1.807) is 0 Å². The molecule has 1 unspecified atom stereocenters. The van der Waals surface area contributed by atoms with E-state index in [0.717, 1.165) is 12.8 Å². The van der Waals surface area contributed by atoms with Gasteiger partial charge in [0.05, 0.1) is 0 Å². The highest BCUT2D eigenvalue weighted by atomic mass is 16.6. The highest BCUT2D eigenvalue weighted by Crippen LogP contribution is 2.11. The highest BCUT2D eigenvalue weighted by molar-refractivity contribution is 5.68. The van der Waals surface area contributed by atoms with Crippen LogP contribution in [0, 0.1) is 0 Å². The van der Waals surface area contributed by atoms with Crippen LogP contribution in [-0.4, -0.2) is 12.3 Å². The third kappa shape index (κ3) is 1.48. The molecular formula is C5H8N2O2. The molecule has 1 atom stereocenters. The van der Waals surface area contributed by atoms with Crippen LogP contribution < -0.4 is 0 Å². The van der Waals surface area contributed by atoms with Gasteiger partial charge in [0.25, 0.3) is 0 Å². The molecule has 0 aromatic rings. The number of ether oxygens (including phenoxy) is 1. The number of hydrogen-bond acceptors (Lipinski definition) is 3. The van der Waals surface area contributed by atoms with Gasteiger partial charge in [0, 0.05) is 6.42 Å². The summed E-state index contributed by atoms with van der Waals surface area (Å²) in [7, 11) is 0. The molecule has 0 N–H and O–H groups in total. The maximum absolute atomic E-state index is 10.2. The highest BCUT2D eigenvalue weighted by Gasteiger charge is 2.17. The Morgan fingerprint density at radius 2 is 2.56 bits per heavy atom. The minimum Gasteiger partial charge on any atom is -0.419 e. The molecule has 0 bridgehead atoms. The summed E-state index contributed by atoms with van der Waals surface area (Å²) in [4.78, 5) is 10.2. The molecule has 0 fully saturated rings. The first-order valence-electron chi connectivity index (χ1n) is 2.94. The van der Waals surface area contributed by atoms with Crippen LogP contribution in [0.2, 0.25) is 0 Å². The normalized spacial score (nSPS) is 24.6. The van der Waals surface area contributed by atoms with Gasteiger partial charge in [-0.1, -0.05) is 18.5 Å². The van der Waals surface area contributed by atoms with E-state index < -0.39 is 6.09 Å². The van der Waals surface area contributed by atoms with Gasteiger partial charge in [0.1, 0.15) is 0 Å². The quantitative estimate of drug-likeness (QED) is 0.568. The van der Waals surface area contributed by atoms with Crippen LogP contribution in [0.5, 0.6) is 0 Å². The number of cyclic esters (lactones) is 1. The third-order valence-electron chi connectivity index (χ3n) is 1.04. The topological polar surface area (TPSA) is 51.0 Å². The molecule has 0 aliphatic carbocycles. The third-order valence-corrected chi connectivity index (χ3v) is 1.04. The predicted molar refractivity (Wildman–Crippen MR) is 30.0 cm³/mol. The van der Waals surface area contributed by atoms with E-state index in [9.17, 15) is 4.79 Å². The molecule has 9 heavy (non-hydrogen) atoms. The second kappa shape index (κ2) is 2.57. The first-order valence-corrected chi connectivity index (χ1v) is 2.94. The lowest BCUT2D eigenvalue weighted by Gasteiger charge is -1.99. The number of hydrogen-bond donors (Lipinski definition) is 0. The lowest BCUT2D eigenvalue weighted by molar-refractivity contribution is 0.127. The van der Waals surface area contributed by atoms with Crippen molar-refractivity contribution in [2.75, 3.05) is 0 Å². The van der Waals surface area contributed by atoms with Crippen LogP contribution in [0.4, 0.5) is 4.79 Å². The average Bonchev–Trinajstić information content (AvgIpc) is 2.17. The van der Waals surface area contributed by atoms with Crippen molar-refractivity contribution in [3.63, 3.8) is 0 Å². The van der Waals surface area contributed by atoms with Gasteiger partial charge in [-0.15, -0.1) is 5.11 Å². The zero-order valence-corrected chi connectivity index (χ0v) is 5.20. The first kappa shape index (κ1) is 6.19. The van der Waals surface area contributed by atoms with Gasteiger partial charge in [0.15, 0.2) is 0 Å². The Morgan fingerprint density at radius 1 is 1.78 bits per heavy atom. The predicted octanol–water partition coefficient (Wildman–Crippen LogP) is 1.72. The Morgan fingerprint density at radius 3 is 3.00 bits per heavy atom. The summed E-state index contributed by atoms with van der Waals surface area (Å²) in [6.45, 7) is 2.00. The molecule has 1 amide bonds. The van der Waals surface area contributed by atoms with Crippen molar-refractivity contribution in [1.82, 2.24) is 0 Å². The lowest BCUT2D eigenvalue weighted by Crippen LogP contribution is -2.04.